The fourth-order valence-electron chi connectivity index (χ4n) is 3.50. The molecule has 0 aliphatic heterocycles. The number of benzene rings is 3. The van der Waals surface area contributed by atoms with Gasteiger partial charge in [0.15, 0.2) is 5.65 Å². The van der Waals surface area contributed by atoms with Gasteiger partial charge < -0.3 is 5.32 Å². The maximum atomic E-state index is 4.96. The van der Waals surface area contributed by atoms with Crippen LogP contribution in [0.15, 0.2) is 97.2 Å². The monoisotopic (exact) mass is 376 g/mol. The summed E-state index contributed by atoms with van der Waals surface area (Å²) in [6.45, 7) is 2.09. The van der Waals surface area contributed by atoms with Crippen molar-refractivity contribution in [3.8, 4) is 22.4 Å². The van der Waals surface area contributed by atoms with E-state index >= 15 is 0 Å². The van der Waals surface area contributed by atoms with Crippen LogP contribution in [0.5, 0.6) is 0 Å². The molecule has 0 spiro atoms. The molecule has 5 aromatic rings. The van der Waals surface area contributed by atoms with Crippen LogP contribution >= 0.6 is 0 Å². The third-order valence-corrected chi connectivity index (χ3v) is 4.92. The standard InChI is InChI=1S/C25H20N4/c1-18-9-8-14-21(15-18)27-24-16-23(20-12-6-3-7-13-20)28-25-22(17-26-29(24)25)19-10-4-2-5-11-19/h2-17,27H,1H3. The summed E-state index contributed by atoms with van der Waals surface area (Å²) in [5, 5.41) is 8.16. The lowest BCUT2D eigenvalue weighted by atomic mass is 10.1. The molecule has 29 heavy (non-hydrogen) atoms. The average Bonchev–Trinajstić information content (AvgIpc) is 3.19. The van der Waals surface area contributed by atoms with Gasteiger partial charge in [-0.2, -0.15) is 9.61 Å². The van der Waals surface area contributed by atoms with E-state index in [2.05, 4.69) is 59.8 Å². The van der Waals surface area contributed by atoms with Crippen molar-refractivity contribution in [3.63, 3.8) is 0 Å². The molecule has 0 unspecified atom stereocenters. The molecule has 0 radical (unpaired) electrons. The number of fused-ring (bicyclic) bond motifs is 1. The molecule has 4 heteroatoms. The van der Waals surface area contributed by atoms with Crippen LogP contribution in [-0.2, 0) is 0 Å². The first-order valence-electron chi connectivity index (χ1n) is 9.61. The summed E-state index contributed by atoms with van der Waals surface area (Å²) in [6.07, 6.45) is 1.88. The Hall–Kier alpha value is -3.92. The molecule has 2 aromatic heterocycles. The van der Waals surface area contributed by atoms with Gasteiger partial charge in [-0.3, -0.25) is 0 Å². The summed E-state index contributed by atoms with van der Waals surface area (Å²) in [5.74, 6) is 0.877. The van der Waals surface area contributed by atoms with E-state index in [9.17, 15) is 0 Å². The zero-order valence-corrected chi connectivity index (χ0v) is 16.1. The Kier molecular flexibility index (Phi) is 4.30. The number of hydrogen-bond acceptors (Lipinski definition) is 3. The third-order valence-electron chi connectivity index (χ3n) is 4.92. The second kappa shape index (κ2) is 7.24. The van der Waals surface area contributed by atoms with Crippen molar-refractivity contribution >= 4 is 17.2 Å². The molecule has 0 atom stereocenters. The largest absolute Gasteiger partial charge is 0.340 e. The molecule has 0 fully saturated rings. The maximum absolute atomic E-state index is 4.96. The van der Waals surface area contributed by atoms with Crippen molar-refractivity contribution in [2.75, 3.05) is 5.32 Å². The number of rotatable bonds is 4. The highest BCUT2D eigenvalue weighted by Crippen LogP contribution is 2.30. The first-order chi connectivity index (χ1) is 14.3. The van der Waals surface area contributed by atoms with Gasteiger partial charge in [0.2, 0.25) is 0 Å². The lowest BCUT2D eigenvalue weighted by molar-refractivity contribution is 0.949. The molecule has 140 valence electrons. The molecule has 0 aliphatic carbocycles. The zero-order chi connectivity index (χ0) is 19.6. The van der Waals surface area contributed by atoms with Gasteiger partial charge in [0, 0.05) is 22.9 Å². The van der Waals surface area contributed by atoms with Crippen LogP contribution in [0, 0.1) is 6.92 Å². The summed E-state index contributed by atoms with van der Waals surface area (Å²) in [6, 6.07) is 30.8. The minimum Gasteiger partial charge on any atom is -0.340 e. The van der Waals surface area contributed by atoms with Gasteiger partial charge in [0.1, 0.15) is 5.82 Å². The summed E-state index contributed by atoms with van der Waals surface area (Å²) in [5.41, 5.74) is 7.14. The van der Waals surface area contributed by atoms with Crippen molar-refractivity contribution in [1.82, 2.24) is 14.6 Å². The fourth-order valence-corrected chi connectivity index (χ4v) is 3.50. The van der Waals surface area contributed by atoms with Gasteiger partial charge in [-0.1, -0.05) is 72.8 Å². The molecule has 2 heterocycles. The summed E-state index contributed by atoms with van der Waals surface area (Å²) in [7, 11) is 0. The fraction of sp³-hybridized carbons (Fsp3) is 0.0400. The van der Waals surface area contributed by atoms with Gasteiger partial charge in [0.25, 0.3) is 0 Å². The van der Waals surface area contributed by atoms with Crippen molar-refractivity contribution < 1.29 is 0 Å². The number of aryl methyl sites for hydroxylation is 1. The molecule has 0 saturated heterocycles. The Morgan fingerprint density at radius 1 is 0.759 bits per heavy atom. The topological polar surface area (TPSA) is 42.2 Å². The van der Waals surface area contributed by atoms with Crippen molar-refractivity contribution in [2.45, 2.75) is 6.92 Å². The Morgan fingerprint density at radius 2 is 1.48 bits per heavy atom. The lowest BCUT2D eigenvalue weighted by Crippen LogP contribution is -2.02. The van der Waals surface area contributed by atoms with E-state index in [4.69, 9.17) is 4.98 Å². The zero-order valence-electron chi connectivity index (χ0n) is 16.1. The minimum atomic E-state index is 0.827. The molecule has 0 amide bonds. The number of anilines is 2. The minimum absolute atomic E-state index is 0.827. The predicted molar refractivity (Wildman–Crippen MR) is 118 cm³/mol. The van der Waals surface area contributed by atoms with Crippen LogP contribution in [-0.4, -0.2) is 14.6 Å². The molecule has 0 bridgehead atoms. The Balaban J connectivity index is 1.71. The molecular formula is C25H20N4. The second-order valence-electron chi connectivity index (χ2n) is 7.05. The first-order valence-corrected chi connectivity index (χ1v) is 9.61. The van der Waals surface area contributed by atoms with Gasteiger partial charge in [0.05, 0.1) is 11.9 Å². The Morgan fingerprint density at radius 3 is 2.21 bits per heavy atom. The third kappa shape index (κ3) is 3.36. The maximum Gasteiger partial charge on any atom is 0.165 e. The molecule has 5 rings (SSSR count). The number of aromatic nitrogens is 3. The van der Waals surface area contributed by atoms with E-state index in [0.717, 1.165) is 39.5 Å². The predicted octanol–water partition coefficient (Wildman–Crippen LogP) is 6.12. The van der Waals surface area contributed by atoms with E-state index in [0.29, 0.717) is 0 Å². The van der Waals surface area contributed by atoms with E-state index in [1.807, 2.05) is 59.2 Å². The SMILES string of the molecule is Cc1cccc(Nc2cc(-c3ccccc3)nc3c(-c4ccccc4)cnn23)c1. The van der Waals surface area contributed by atoms with E-state index in [-0.39, 0.29) is 0 Å². The molecule has 3 aromatic carbocycles. The highest BCUT2D eigenvalue weighted by molar-refractivity contribution is 5.81. The number of hydrogen-bond donors (Lipinski definition) is 1. The van der Waals surface area contributed by atoms with Crippen LogP contribution in [0.4, 0.5) is 11.5 Å². The quantitative estimate of drug-likeness (QED) is 0.411. The van der Waals surface area contributed by atoms with E-state index in [1.165, 1.54) is 5.56 Å². The summed E-state index contributed by atoms with van der Waals surface area (Å²) >= 11 is 0. The summed E-state index contributed by atoms with van der Waals surface area (Å²) in [4.78, 5) is 4.96. The van der Waals surface area contributed by atoms with Crippen LogP contribution < -0.4 is 5.32 Å². The van der Waals surface area contributed by atoms with E-state index < -0.39 is 0 Å². The van der Waals surface area contributed by atoms with Gasteiger partial charge >= 0.3 is 0 Å². The highest BCUT2D eigenvalue weighted by atomic mass is 15.3. The van der Waals surface area contributed by atoms with E-state index in [1.54, 1.807) is 0 Å². The van der Waals surface area contributed by atoms with Crippen molar-refractivity contribution in [1.29, 1.82) is 0 Å². The summed E-state index contributed by atoms with van der Waals surface area (Å²) < 4.78 is 1.87. The van der Waals surface area contributed by atoms with Crippen LogP contribution in [0.25, 0.3) is 28.0 Å². The average molecular weight is 376 g/mol. The molecule has 0 aliphatic rings. The molecule has 4 nitrogen and oxygen atoms in total. The molecule has 0 saturated carbocycles. The second-order valence-corrected chi connectivity index (χ2v) is 7.05. The van der Waals surface area contributed by atoms with Crippen molar-refractivity contribution in [3.05, 3.63) is 103 Å². The van der Waals surface area contributed by atoms with Crippen LogP contribution in [0.3, 0.4) is 0 Å². The van der Waals surface area contributed by atoms with Gasteiger partial charge in [-0.15, -0.1) is 0 Å². The van der Waals surface area contributed by atoms with Gasteiger partial charge in [-0.05, 0) is 30.2 Å². The normalized spacial score (nSPS) is 10.9. The molecule has 1 N–H and O–H groups in total. The Labute approximate surface area is 169 Å². The smallest absolute Gasteiger partial charge is 0.165 e. The molecular weight excluding hydrogens is 356 g/mol. The lowest BCUT2D eigenvalue weighted by Gasteiger charge is -2.12. The highest BCUT2D eigenvalue weighted by Gasteiger charge is 2.14. The first kappa shape index (κ1) is 17.2. The van der Waals surface area contributed by atoms with Crippen molar-refractivity contribution in [2.24, 2.45) is 0 Å². The number of nitrogens with one attached hydrogen (secondary N) is 1. The number of nitrogens with zero attached hydrogens (tertiary/aromatic N) is 3. The van der Waals surface area contributed by atoms with Gasteiger partial charge in [-0.25, -0.2) is 4.98 Å². The Bertz CT molecular complexity index is 1270. The van der Waals surface area contributed by atoms with Crippen LogP contribution in [0.2, 0.25) is 0 Å². The van der Waals surface area contributed by atoms with Crippen LogP contribution in [0.1, 0.15) is 5.56 Å².